The fourth-order valence-corrected chi connectivity index (χ4v) is 3.84. The number of rotatable bonds is 8. The summed E-state index contributed by atoms with van der Waals surface area (Å²) in [6.45, 7) is -0.0431. The first-order chi connectivity index (χ1) is 15.6. The van der Waals surface area contributed by atoms with E-state index in [2.05, 4.69) is 5.32 Å². The molecule has 0 aliphatic carbocycles. The molecule has 3 aromatic carbocycles. The first kappa shape index (κ1) is 21.2. The Morgan fingerprint density at radius 2 is 1.66 bits per heavy atom. The topological polar surface area (TPSA) is 94.6 Å². The number of hydrogen-bond donors (Lipinski definition) is 1. The summed E-state index contributed by atoms with van der Waals surface area (Å²) in [4.78, 5) is 25.2. The van der Waals surface area contributed by atoms with Crippen LogP contribution in [0.15, 0.2) is 105 Å². The third-order valence-electron chi connectivity index (χ3n) is 4.42. The number of nitrogens with one attached hydrogen (secondary N) is 1. The molecule has 4 aromatic rings. The van der Waals surface area contributed by atoms with Gasteiger partial charge in [0.2, 0.25) is 0 Å². The van der Waals surface area contributed by atoms with E-state index in [9.17, 15) is 14.9 Å². The van der Waals surface area contributed by atoms with Crippen LogP contribution < -0.4 is 10.1 Å². The largest absolute Gasteiger partial charge is 0.479 e. The van der Waals surface area contributed by atoms with Crippen LogP contribution in [-0.4, -0.2) is 10.8 Å². The van der Waals surface area contributed by atoms with Gasteiger partial charge in [-0.3, -0.25) is 14.9 Å². The highest BCUT2D eigenvalue weighted by atomic mass is 32.2. The number of furan rings is 1. The molecule has 1 amide bonds. The smallest absolute Gasteiger partial charge is 0.310 e. The summed E-state index contributed by atoms with van der Waals surface area (Å²) in [5, 5.41) is 14.0. The Labute approximate surface area is 188 Å². The summed E-state index contributed by atoms with van der Waals surface area (Å²) < 4.78 is 11.1. The van der Waals surface area contributed by atoms with Crippen LogP contribution in [-0.2, 0) is 6.61 Å². The van der Waals surface area contributed by atoms with Crippen molar-refractivity contribution in [2.75, 3.05) is 5.32 Å². The van der Waals surface area contributed by atoms with Crippen LogP contribution in [0.1, 0.15) is 16.3 Å². The molecule has 32 heavy (non-hydrogen) atoms. The number of benzene rings is 3. The fraction of sp³-hybridized carbons (Fsp3) is 0.0417. The Balaban J connectivity index is 1.42. The summed E-state index contributed by atoms with van der Waals surface area (Å²) >= 11 is 1.55. The Kier molecular flexibility index (Phi) is 6.52. The van der Waals surface area contributed by atoms with Crippen LogP contribution in [0.4, 0.5) is 11.4 Å². The number of nitro benzene ring substituents is 1. The summed E-state index contributed by atoms with van der Waals surface area (Å²) in [7, 11) is 0. The Morgan fingerprint density at radius 3 is 2.47 bits per heavy atom. The van der Waals surface area contributed by atoms with Crippen molar-refractivity contribution in [3.63, 3.8) is 0 Å². The minimum atomic E-state index is -0.513. The van der Waals surface area contributed by atoms with Crippen LogP contribution in [0.25, 0.3) is 0 Å². The highest BCUT2D eigenvalue weighted by molar-refractivity contribution is 7.99. The minimum absolute atomic E-state index is 0.0431. The number of anilines is 1. The lowest BCUT2D eigenvalue weighted by Gasteiger charge is -2.10. The Bertz CT molecular complexity index is 1240. The van der Waals surface area contributed by atoms with Crippen molar-refractivity contribution in [1.29, 1.82) is 0 Å². The quantitative estimate of drug-likeness (QED) is 0.257. The van der Waals surface area contributed by atoms with Crippen LogP contribution >= 0.6 is 11.8 Å². The van der Waals surface area contributed by atoms with Crippen molar-refractivity contribution in [3.05, 3.63) is 113 Å². The van der Waals surface area contributed by atoms with E-state index in [1.807, 2.05) is 54.6 Å². The van der Waals surface area contributed by atoms with Gasteiger partial charge < -0.3 is 14.5 Å². The number of para-hydroxylation sites is 3. The number of ether oxygens (including phenoxy) is 1. The normalized spacial score (nSPS) is 10.5. The summed E-state index contributed by atoms with van der Waals surface area (Å²) in [5.74, 6) is 0.223. The molecule has 1 heterocycles. The van der Waals surface area contributed by atoms with Crippen LogP contribution in [0, 0.1) is 10.1 Å². The van der Waals surface area contributed by atoms with Gasteiger partial charge in [-0.1, -0.05) is 54.2 Å². The van der Waals surface area contributed by atoms with Crippen molar-refractivity contribution >= 4 is 29.0 Å². The molecule has 0 unspecified atom stereocenters. The lowest BCUT2D eigenvalue weighted by atomic mass is 10.3. The number of amides is 1. The van der Waals surface area contributed by atoms with Gasteiger partial charge in [0.1, 0.15) is 12.4 Å². The van der Waals surface area contributed by atoms with Crippen molar-refractivity contribution < 1.29 is 18.9 Å². The fourth-order valence-electron chi connectivity index (χ4n) is 2.91. The second kappa shape index (κ2) is 9.84. The van der Waals surface area contributed by atoms with Gasteiger partial charge in [-0.15, -0.1) is 0 Å². The van der Waals surface area contributed by atoms with Gasteiger partial charge in [0, 0.05) is 15.9 Å². The maximum absolute atomic E-state index is 12.7. The van der Waals surface area contributed by atoms with Gasteiger partial charge in [-0.05, 0) is 42.5 Å². The van der Waals surface area contributed by atoms with Gasteiger partial charge >= 0.3 is 5.69 Å². The van der Waals surface area contributed by atoms with E-state index in [1.54, 1.807) is 36.0 Å². The summed E-state index contributed by atoms with van der Waals surface area (Å²) in [5.41, 5.74) is 0.532. The lowest BCUT2D eigenvalue weighted by Crippen LogP contribution is -2.11. The average molecular weight is 446 g/mol. The molecule has 160 valence electrons. The highest BCUT2D eigenvalue weighted by Gasteiger charge is 2.17. The molecule has 0 atom stereocenters. The number of nitrogens with zero attached hydrogens (tertiary/aromatic N) is 1. The molecule has 0 aliphatic rings. The molecular formula is C24H18N2O5S. The SMILES string of the molecule is O=C(Nc1ccccc1Sc1ccccc1)c1ccc(COc2ccccc2[N+](=O)[O-])o1. The minimum Gasteiger partial charge on any atom is -0.479 e. The van der Waals surface area contributed by atoms with E-state index in [0.717, 1.165) is 9.79 Å². The first-order valence-electron chi connectivity index (χ1n) is 9.68. The lowest BCUT2D eigenvalue weighted by molar-refractivity contribution is -0.386. The second-order valence-corrected chi connectivity index (χ2v) is 7.76. The molecular weight excluding hydrogens is 428 g/mol. The highest BCUT2D eigenvalue weighted by Crippen LogP contribution is 2.33. The maximum atomic E-state index is 12.7. The number of nitro groups is 1. The zero-order valence-corrected chi connectivity index (χ0v) is 17.6. The van der Waals surface area contributed by atoms with Crippen molar-refractivity contribution in [2.24, 2.45) is 0 Å². The van der Waals surface area contributed by atoms with Gasteiger partial charge in [0.05, 0.1) is 10.6 Å². The first-order valence-corrected chi connectivity index (χ1v) is 10.5. The van der Waals surface area contributed by atoms with E-state index in [0.29, 0.717) is 11.4 Å². The predicted molar refractivity (Wildman–Crippen MR) is 121 cm³/mol. The molecule has 0 bridgehead atoms. The molecule has 8 heteroatoms. The van der Waals surface area contributed by atoms with Crippen molar-refractivity contribution in [1.82, 2.24) is 0 Å². The van der Waals surface area contributed by atoms with E-state index in [4.69, 9.17) is 9.15 Å². The predicted octanol–water partition coefficient (Wildman–Crippen LogP) is 6.17. The molecule has 7 nitrogen and oxygen atoms in total. The third kappa shape index (κ3) is 5.16. The molecule has 1 aromatic heterocycles. The molecule has 0 radical (unpaired) electrons. The monoisotopic (exact) mass is 446 g/mol. The molecule has 0 fully saturated rings. The zero-order valence-electron chi connectivity index (χ0n) is 16.8. The number of hydrogen-bond acceptors (Lipinski definition) is 6. The van der Waals surface area contributed by atoms with E-state index in [-0.39, 0.29) is 23.8 Å². The van der Waals surface area contributed by atoms with E-state index < -0.39 is 10.8 Å². The van der Waals surface area contributed by atoms with Gasteiger partial charge in [0.25, 0.3) is 5.91 Å². The average Bonchev–Trinajstić information content (AvgIpc) is 3.29. The molecule has 4 rings (SSSR count). The van der Waals surface area contributed by atoms with E-state index in [1.165, 1.54) is 12.1 Å². The van der Waals surface area contributed by atoms with Crippen molar-refractivity contribution in [3.8, 4) is 5.75 Å². The molecule has 0 saturated carbocycles. The van der Waals surface area contributed by atoms with E-state index >= 15 is 0 Å². The van der Waals surface area contributed by atoms with Crippen LogP contribution in [0.5, 0.6) is 5.75 Å². The Morgan fingerprint density at radius 1 is 0.938 bits per heavy atom. The number of carbonyl (C=O) groups is 1. The molecule has 0 aliphatic heterocycles. The zero-order chi connectivity index (χ0) is 22.3. The summed E-state index contributed by atoms with van der Waals surface area (Å²) in [6, 6.07) is 26.6. The van der Waals surface area contributed by atoms with Gasteiger partial charge in [-0.25, -0.2) is 0 Å². The van der Waals surface area contributed by atoms with Gasteiger partial charge in [-0.2, -0.15) is 0 Å². The standard InChI is InChI=1S/C24H18N2O5S/c27-24(25-19-10-4-7-13-23(19)32-18-8-2-1-3-9-18)22-15-14-17(31-22)16-30-21-12-6-5-11-20(21)26(28)29/h1-15H,16H2,(H,25,27). The maximum Gasteiger partial charge on any atom is 0.310 e. The second-order valence-electron chi connectivity index (χ2n) is 6.64. The van der Waals surface area contributed by atoms with Crippen LogP contribution in [0.2, 0.25) is 0 Å². The molecule has 0 saturated heterocycles. The summed E-state index contributed by atoms with van der Waals surface area (Å²) in [6.07, 6.45) is 0. The van der Waals surface area contributed by atoms with Gasteiger partial charge in [0.15, 0.2) is 11.5 Å². The molecule has 0 spiro atoms. The molecule has 1 N–H and O–H groups in total. The number of carbonyl (C=O) groups excluding carboxylic acids is 1. The van der Waals surface area contributed by atoms with Crippen LogP contribution in [0.3, 0.4) is 0 Å². The third-order valence-corrected chi connectivity index (χ3v) is 5.51. The van der Waals surface area contributed by atoms with Crippen molar-refractivity contribution in [2.45, 2.75) is 16.4 Å². The Hall–Kier alpha value is -4.04.